The van der Waals surface area contributed by atoms with E-state index < -0.39 is 0 Å². The van der Waals surface area contributed by atoms with Gasteiger partial charge in [0.1, 0.15) is 5.75 Å². The number of benzene rings is 1. The summed E-state index contributed by atoms with van der Waals surface area (Å²) in [6.45, 7) is 4.37. The van der Waals surface area contributed by atoms with Gasteiger partial charge in [0, 0.05) is 11.7 Å². The van der Waals surface area contributed by atoms with E-state index in [1.807, 2.05) is 0 Å². The van der Waals surface area contributed by atoms with Crippen LogP contribution in [0.2, 0.25) is 0 Å². The average molecular weight is 643 g/mol. The maximum atomic E-state index is 12.1. The van der Waals surface area contributed by atoms with Crippen molar-refractivity contribution < 1.29 is 9.90 Å². The van der Waals surface area contributed by atoms with E-state index in [0.29, 0.717) is 5.69 Å². The molecule has 1 unspecified atom stereocenters. The van der Waals surface area contributed by atoms with Crippen LogP contribution < -0.4 is 10.6 Å². The summed E-state index contributed by atoms with van der Waals surface area (Å²) < 4.78 is 0. The molecule has 2 amide bonds. The first-order valence-corrected chi connectivity index (χ1v) is 20.5. The summed E-state index contributed by atoms with van der Waals surface area (Å²) in [4.78, 5) is 12.1. The van der Waals surface area contributed by atoms with Crippen molar-refractivity contribution in [1.29, 1.82) is 0 Å². The lowest BCUT2D eigenvalue weighted by molar-refractivity contribution is 0.248. The number of hydrogen-bond acceptors (Lipinski definition) is 2. The third kappa shape index (κ3) is 29.7. The van der Waals surface area contributed by atoms with Gasteiger partial charge in [-0.3, -0.25) is 0 Å². The highest BCUT2D eigenvalue weighted by atomic mass is 16.3. The number of aromatic hydroxyl groups is 1. The third-order valence-electron chi connectivity index (χ3n) is 9.74. The maximum Gasteiger partial charge on any atom is 0.319 e. The molecule has 1 aromatic rings. The predicted molar refractivity (Wildman–Crippen MR) is 203 cm³/mol. The quantitative estimate of drug-likeness (QED) is 0.0517. The molecule has 0 bridgehead atoms. The molecule has 1 aromatic carbocycles. The molecule has 0 saturated carbocycles. The minimum atomic E-state index is -0.182. The summed E-state index contributed by atoms with van der Waals surface area (Å²) in [5.41, 5.74) is 0.688. The average Bonchev–Trinajstić information content (AvgIpc) is 3.04. The summed E-state index contributed by atoms with van der Waals surface area (Å²) in [5.74, 6) is 0.200. The molecule has 4 heteroatoms. The normalized spacial score (nSPS) is 12.0. The van der Waals surface area contributed by atoms with E-state index in [0.717, 1.165) is 6.42 Å². The molecule has 0 heterocycles. The van der Waals surface area contributed by atoms with Gasteiger partial charge in [-0.2, -0.15) is 0 Å². The van der Waals surface area contributed by atoms with Gasteiger partial charge in [-0.15, -0.1) is 0 Å². The van der Waals surface area contributed by atoms with Crippen molar-refractivity contribution in [2.45, 2.75) is 225 Å². The molecule has 4 nitrogen and oxygen atoms in total. The topological polar surface area (TPSA) is 61.4 Å². The first-order chi connectivity index (χ1) is 22.6. The number of anilines is 1. The van der Waals surface area contributed by atoms with Crippen molar-refractivity contribution in [2.75, 3.05) is 5.32 Å². The molecule has 1 atom stereocenters. The molecule has 0 aromatic heterocycles. The van der Waals surface area contributed by atoms with Crippen LogP contribution in [0.3, 0.4) is 0 Å². The number of hydrogen-bond donors (Lipinski definition) is 3. The van der Waals surface area contributed by atoms with Crippen LogP contribution in [0.1, 0.15) is 219 Å². The van der Waals surface area contributed by atoms with Gasteiger partial charge >= 0.3 is 6.03 Å². The Morgan fingerprint density at radius 1 is 0.500 bits per heavy atom. The molecule has 0 aliphatic rings. The third-order valence-corrected chi connectivity index (χ3v) is 9.74. The van der Waals surface area contributed by atoms with Gasteiger partial charge in [-0.25, -0.2) is 4.79 Å². The van der Waals surface area contributed by atoms with Crippen LogP contribution in [0.15, 0.2) is 24.3 Å². The largest absolute Gasteiger partial charge is 0.508 e. The predicted octanol–water partition coefficient (Wildman–Crippen LogP) is 14.4. The first kappa shape index (κ1) is 42.3. The van der Waals surface area contributed by atoms with Gasteiger partial charge in [0.2, 0.25) is 0 Å². The van der Waals surface area contributed by atoms with Crippen molar-refractivity contribution in [3.05, 3.63) is 24.3 Å². The van der Waals surface area contributed by atoms with Crippen LogP contribution in [0.5, 0.6) is 5.75 Å². The number of amides is 2. The number of nitrogens with one attached hydrogen (secondary N) is 2. The molecule has 0 aliphatic heterocycles. The van der Waals surface area contributed by atoms with E-state index in [9.17, 15) is 9.90 Å². The second-order valence-corrected chi connectivity index (χ2v) is 14.4. The maximum absolute atomic E-state index is 12.1. The molecule has 46 heavy (non-hydrogen) atoms. The fraction of sp³-hybridized carbons (Fsp3) is 0.833. The zero-order valence-electron chi connectivity index (χ0n) is 30.9. The van der Waals surface area contributed by atoms with Gasteiger partial charge in [-0.1, -0.05) is 206 Å². The molecule has 1 rings (SSSR count). The minimum Gasteiger partial charge on any atom is -0.508 e. The molecule has 0 aliphatic carbocycles. The van der Waals surface area contributed by atoms with Crippen LogP contribution in [0.25, 0.3) is 0 Å². The molecule has 0 spiro atoms. The molecule has 0 fully saturated rings. The Balaban J connectivity index is 1.69. The summed E-state index contributed by atoms with van der Waals surface area (Å²) in [5, 5.41) is 15.2. The van der Waals surface area contributed by atoms with Crippen molar-refractivity contribution in [1.82, 2.24) is 5.32 Å². The summed E-state index contributed by atoms with van der Waals surface area (Å²) in [6, 6.07) is 6.53. The second-order valence-electron chi connectivity index (χ2n) is 14.4. The Bertz CT molecular complexity index is 765. The summed E-state index contributed by atoms with van der Waals surface area (Å²) in [6.07, 6.45) is 45.3. The number of phenols is 1. The number of phenolic OH excluding ortho intramolecular Hbond substituents is 1. The fourth-order valence-electron chi connectivity index (χ4n) is 6.66. The van der Waals surface area contributed by atoms with Crippen LogP contribution >= 0.6 is 0 Å². The van der Waals surface area contributed by atoms with Crippen LogP contribution in [-0.4, -0.2) is 17.2 Å². The van der Waals surface area contributed by atoms with Crippen LogP contribution in [-0.2, 0) is 0 Å². The van der Waals surface area contributed by atoms with Gasteiger partial charge in [0.25, 0.3) is 0 Å². The number of carbonyl (C=O) groups excluding carboxylic acids is 1. The van der Waals surface area contributed by atoms with Gasteiger partial charge in [0.15, 0.2) is 0 Å². The molecule has 0 saturated heterocycles. The van der Waals surface area contributed by atoms with Crippen molar-refractivity contribution in [2.24, 2.45) is 0 Å². The van der Waals surface area contributed by atoms with Gasteiger partial charge in [-0.05, 0) is 37.6 Å². The highest BCUT2D eigenvalue weighted by Crippen LogP contribution is 2.17. The highest BCUT2D eigenvalue weighted by Gasteiger charge is 2.07. The Morgan fingerprint density at radius 2 is 0.783 bits per heavy atom. The van der Waals surface area contributed by atoms with E-state index in [1.165, 1.54) is 199 Å². The van der Waals surface area contributed by atoms with E-state index in [1.54, 1.807) is 24.3 Å². The Labute approximate surface area is 287 Å². The van der Waals surface area contributed by atoms with Crippen molar-refractivity contribution >= 4 is 11.7 Å². The molecule has 3 N–H and O–H groups in total. The summed E-state index contributed by atoms with van der Waals surface area (Å²) >= 11 is 0. The Kier molecular flexibility index (Phi) is 30.5. The second kappa shape index (κ2) is 33.2. The number of carbonyl (C=O) groups is 1. The molecular formula is C42H78N2O2. The summed E-state index contributed by atoms with van der Waals surface area (Å²) in [7, 11) is 0. The van der Waals surface area contributed by atoms with Crippen molar-refractivity contribution in [3.8, 4) is 5.75 Å². The number of rotatable bonds is 34. The SMILES string of the molecule is CCCCCCCCCCCCCCCCCCCCCCCCCCCCCCCCCC(C)NC(=O)Nc1ccc(O)cc1. The van der Waals surface area contributed by atoms with E-state index in [2.05, 4.69) is 24.5 Å². The molecule has 0 radical (unpaired) electrons. The van der Waals surface area contributed by atoms with Gasteiger partial charge < -0.3 is 15.7 Å². The molecular weight excluding hydrogens is 564 g/mol. The van der Waals surface area contributed by atoms with E-state index >= 15 is 0 Å². The van der Waals surface area contributed by atoms with E-state index in [4.69, 9.17) is 0 Å². The lowest BCUT2D eigenvalue weighted by atomic mass is 10.0. The molecule has 268 valence electrons. The van der Waals surface area contributed by atoms with E-state index in [-0.39, 0.29) is 17.8 Å². The monoisotopic (exact) mass is 643 g/mol. The number of urea groups is 1. The lowest BCUT2D eigenvalue weighted by Crippen LogP contribution is -2.36. The van der Waals surface area contributed by atoms with Crippen LogP contribution in [0.4, 0.5) is 10.5 Å². The first-order valence-electron chi connectivity index (χ1n) is 20.5. The highest BCUT2D eigenvalue weighted by molar-refractivity contribution is 5.89. The lowest BCUT2D eigenvalue weighted by Gasteiger charge is -2.14. The van der Waals surface area contributed by atoms with Crippen LogP contribution in [0, 0.1) is 0 Å². The Morgan fingerprint density at radius 3 is 1.09 bits per heavy atom. The van der Waals surface area contributed by atoms with Crippen molar-refractivity contribution in [3.63, 3.8) is 0 Å². The number of unbranched alkanes of at least 4 members (excludes halogenated alkanes) is 30. The zero-order valence-corrected chi connectivity index (χ0v) is 30.9. The smallest absolute Gasteiger partial charge is 0.319 e. The Hall–Kier alpha value is -1.71. The fourth-order valence-corrected chi connectivity index (χ4v) is 6.66. The van der Waals surface area contributed by atoms with Gasteiger partial charge in [0.05, 0.1) is 0 Å². The standard InChI is InChI=1S/C42H78N2O2/c1-3-4-5-6-7-8-9-10-11-12-13-14-15-16-17-18-19-20-21-22-23-24-25-26-27-28-29-30-31-32-33-34-39(2)43-42(46)44-40-35-37-41(45)38-36-40/h35-39,45H,3-34H2,1-2H3,(H2,43,44,46). The minimum absolute atomic E-state index is 0.167. The zero-order chi connectivity index (χ0) is 33.2.